The average Bonchev–Trinajstić information content (AvgIpc) is 2.70. The number of rotatable bonds is 5. The second-order valence-corrected chi connectivity index (χ2v) is 6.91. The fourth-order valence-electron chi connectivity index (χ4n) is 3.22. The quantitative estimate of drug-likeness (QED) is 0.867. The summed E-state index contributed by atoms with van der Waals surface area (Å²) in [6.07, 6.45) is 1.72. The van der Waals surface area contributed by atoms with Crippen molar-refractivity contribution in [1.82, 2.24) is 15.2 Å². The molecule has 2 amide bonds. The molecule has 0 bridgehead atoms. The van der Waals surface area contributed by atoms with Crippen LogP contribution in [-0.2, 0) is 9.53 Å². The molecule has 1 aromatic carbocycles. The van der Waals surface area contributed by atoms with Crippen LogP contribution in [0.2, 0.25) is 0 Å². The fraction of sp³-hybridized carbons (Fsp3) is 0.450. The molecule has 1 saturated heterocycles. The number of likely N-dealkylation sites (N-methyl/N-ethyl adjacent to an activating group) is 1. The first-order valence-electron chi connectivity index (χ1n) is 9.18. The molecule has 0 atom stereocenters. The minimum absolute atomic E-state index is 0.0242. The maximum atomic E-state index is 12.3. The smallest absolute Gasteiger partial charge is 0.251 e. The number of hydrogen-bond acceptors (Lipinski definition) is 5. The molecule has 0 spiro atoms. The van der Waals surface area contributed by atoms with Crippen molar-refractivity contribution in [2.24, 2.45) is 0 Å². The minimum Gasteiger partial charge on any atom is -0.368 e. The Hall–Kier alpha value is -2.67. The molecule has 0 unspecified atom stereocenters. The third kappa shape index (κ3) is 4.36. The van der Waals surface area contributed by atoms with Gasteiger partial charge < -0.3 is 19.9 Å². The Morgan fingerprint density at radius 3 is 2.63 bits per heavy atom. The van der Waals surface area contributed by atoms with Crippen LogP contribution in [0, 0.1) is 0 Å². The van der Waals surface area contributed by atoms with E-state index in [-0.39, 0.29) is 24.5 Å². The van der Waals surface area contributed by atoms with Gasteiger partial charge in [0.25, 0.3) is 5.91 Å². The molecule has 0 saturated carbocycles. The Morgan fingerprint density at radius 2 is 1.96 bits per heavy atom. The first-order chi connectivity index (χ1) is 13.0. The summed E-state index contributed by atoms with van der Waals surface area (Å²) in [6.45, 7) is 1.67. The number of nitrogens with zero attached hydrogens (tertiary/aromatic N) is 3. The number of anilines is 1. The van der Waals surface area contributed by atoms with E-state index in [1.807, 2.05) is 30.3 Å². The largest absolute Gasteiger partial charge is 0.368 e. The van der Waals surface area contributed by atoms with E-state index in [0.29, 0.717) is 5.56 Å². The third-order valence-electron chi connectivity index (χ3n) is 4.88. The number of piperidine rings is 1. The molecule has 7 heteroatoms. The standard InChI is InChI=1S/C20H26N4O3/c1-21-20(26)16-12-18(22-17-7-5-4-6-15(16)17)24-10-8-14(9-11-24)27-13-19(25)23(2)3/h4-7,12,14H,8-11,13H2,1-3H3,(H,21,26). The monoisotopic (exact) mass is 370 g/mol. The van der Waals surface area contributed by atoms with Crippen LogP contribution in [-0.4, -0.2) is 68.6 Å². The number of benzene rings is 1. The lowest BCUT2D eigenvalue weighted by atomic mass is 10.1. The average molecular weight is 370 g/mol. The van der Waals surface area contributed by atoms with Gasteiger partial charge in [0, 0.05) is 39.6 Å². The van der Waals surface area contributed by atoms with Gasteiger partial charge in [-0.1, -0.05) is 18.2 Å². The van der Waals surface area contributed by atoms with E-state index in [0.717, 1.165) is 42.7 Å². The number of ether oxygens (including phenoxy) is 1. The van der Waals surface area contributed by atoms with Crippen LogP contribution >= 0.6 is 0 Å². The minimum atomic E-state index is -0.115. The fourth-order valence-corrected chi connectivity index (χ4v) is 3.22. The number of amides is 2. The summed E-state index contributed by atoms with van der Waals surface area (Å²) >= 11 is 0. The maximum absolute atomic E-state index is 12.3. The lowest BCUT2D eigenvalue weighted by Gasteiger charge is -2.33. The summed E-state index contributed by atoms with van der Waals surface area (Å²) < 4.78 is 5.74. The van der Waals surface area contributed by atoms with Crippen LogP contribution < -0.4 is 10.2 Å². The second kappa shape index (κ2) is 8.35. The van der Waals surface area contributed by atoms with Gasteiger partial charge in [-0.15, -0.1) is 0 Å². The summed E-state index contributed by atoms with van der Waals surface area (Å²) in [5, 5.41) is 3.55. The highest BCUT2D eigenvalue weighted by molar-refractivity contribution is 6.06. The van der Waals surface area contributed by atoms with E-state index < -0.39 is 0 Å². The number of nitrogens with one attached hydrogen (secondary N) is 1. The molecule has 1 aliphatic rings. The second-order valence-electron chi connectivity index (χ2n) is 6.91. The Labute approximate surface area is 159 Å². The highest BCUT2D eigenvalue weighted by Gasteiger charge is 2.23. The molecule has 27 heavy (non-hydrogen) atoms. The molecule has 0 aliphatic carbocycles. The zero-order chi connectivity index (χ0) is 19.4. The predicted molar refractivity (Wildman–Crippen MR) is 105 cm³/mol. The number of fused-ring (bicyclic) bond motifs is 1. The van der Waals surface area contributed by atoms with Crippen LogP contribution in [0.25, 0.3) is 10.9 Å². The molecule has 2 aromatic rings. The van der Waals surface area contributed by atoms with Crippen molar-refractivity contribution < 1.29 is 14.3 Å². The number of pyridine rings is 1. The Morgan fingerprint density at radius 1 is 1.26 bits per heavy atom. The van der Waals surface area contributed by atoms with Crippen molar-refractivity contribution >= 4 is 28.5 Å². The van der Waals surface area contributed by atoms with Gasteiger partial charge in [0.05, 0.1) is 17.2 Å². The number of para-hydroxylation sites is 1. The lowest BCUT2D eigenvalue weighted by Crippen LogP contribution is -2.39. The maximum Gasteiger partial charge on any atom is 0.251 e. The molecule has 1 N–H and O–H groups in total. The first kappa shape index (κ1) is 19.1. The van der Waals surface area contributed by atoms with Crippen molar-refractivity contribution in [3.63, 3.8) is 0 Å². The van der Waals surface area contributed by atoms with Crippen molar-refractivity contribution in [1.29, 1.82) is 0 Å². The number of aromatic nitrogens is 1. The molecule has 1 fully saturated rings. The molecule has 1 aromatic heterocycles. The van der Waals surface area contributed by atoms with Crippen LogP contribution in [0.3, 0.4) is 0 Å². The molecule has 7 nitrogen and oxygen atoms in total. The number of hydrogen-bond donors (Lipinski definition) is 1. The molecule has 1 aliphatic heterocycles. The Balaban J connectivity index is 1.72. The first-order valence-corrected chi connectivity index (χ1v) is 9.18. The molecule has 0 radical (unpaired) electrons. The van der Waals surface area contributed by atoms with E-state index in [1.54, 1.807) is 21.1 Å². The van der Waals surface area contributed by atoms with Gasteiger partial charge in [-0.2, -0.15) is 0 Å². The van der Waals surface area contributed by atoms with E-state index in [1.165, 1.54) is 4.90 Å². The van der Waals surface area contributed by atoms with Crippen LogP contribution in [0.1, 0.15) is 23.2 Å². The van der Waals surface area contributed by atoms with Crippen LogP contribution in [0.15, 0.2) is 30.3 Å². The summed E-state index contributed by atoms with van der Waals surface area (Å²) in [4.78, 5) is 32.4. The summed E-state index contributed by atoms with van der Waals surface area (Å²) in [5.41, 5.74) is 1.44. The highest BCUT2D eigenvalue weighted by atomic mass is 16.5. The Kier molecular flexibility index (Phi) is 5.91. The zero-order valence-corrected chi connectivity index (χ0v) is 16.1. The summed E-state index contributed by atoms with van der Waals surface area (Å²) in [7, 11) is 5.09. The zero-order valence-electron chi connectivity index (χ0n) is 16.1. The van der Waals surface area contributed by atoms with E-state index in [4.69, 9.17) is 9.72 Å². The van der Waals surface area contributed by atoms with Gasteiger partial charge in [-0.05, 0) is 25.0 Å². The topological polar surface area (TPSA) is 74.8 Å². The van der Waals surface area contributed by atoms with Crippen LogP contribution in [0.4, 0.5) is 5.82 Å². The number of carbonyl (C=O) groups excluding carboxylic acids is 2. The molecule has 144 valence electrons. The molecule has 3 rings (SSSR count). The van der Waals surface area contributed by atoms with Crippen molar-refractivity contribution in [3.05, 3.63) is 35.9 Å². The highest BCUT2D eigenvalue weighted by Crippen LogP contribution is 2.26. The van der Waals surface area contributed by atoms with Crippen molar-refractivity contribution in [3.8, 4) is 0 Å². The summed E-state index contributed by atoms with van der Waals surface area (Å²) in [6, 6.07) is 9.53. The normalized spacial score (nSPS) is 15.0. The SMILES string of the molecule is CNC(=O)c1cc(N2CCC(OCC(=O)N(C)C)CC2)nc2ccccc12. The van der Waals surface area contributed by atoms with E-state index in [9.17, 15) is 9.59 Å². The van der Waals surface area contributed by atoms with Gasteiger partial charge >= 0.3 is 0 Å². The predicted octanol–water partition coefficient (Wildman–Crippen LogP) is 1.67. The van der Waals surface area contributed by atoms with Gasteiger partial charge in [0.15, 0.2) is 0 Å². The van der Waals surface area contributed by atoms with Gasteiger partial charge in [-0.3, -0.25) is 9.59 Å². The van der Waals surface area contributed by atoms with E-state index in [2.05, 4.69) is 10.2 Å². The summed E-state index contributed by atoms with van der Waals surface area (Å²) in [5.74, 6) is 0.661. The number of carbonyl (C=O) groups is 2. The molecule has 2 heterocycles. The lowest BCUT2D eigenvalue weighted by molar-refractivity contribution is -0.136. The molecular formula is C20H26N4O3. The van der Waals surface area contributed by atoms with E-state index >= 15 is 0 Å². The van der Waals surface area contributed by atoms with Gasteiger partial charge in [0.1, 0.15) is 12.4 Å². The van der Waals surface area contributed by atoms with Crippen molar-refractivity contribution in [2.45, 2.75) is 18.9 Å². The van der Waals surface area contributed by atoms with Gasteiger partial charge in [-0.25, -0.2) is 4.98 Å². The third-order valence-corrected chi connectivity index (χ3v) is 4.88. The molecular weight excluding hydrogens is 344 g/mol. The van der Waals surface area contributed by atoms with Crippen LogP contribution in [0.5, 0.6) is 0 Å². The van der Waals surface area contributed by atoms with Gasteiger partial charge in [0.2, 0.25) is 5.91 Å². The van der Waals surface area contributed by atoms with Crippen molar-refractivity contribution in [2.75, 3.05) is 45.7 Å². The Bertz CT molecular complexity index is 829.